The molecule has 9 nitrogen and oxygen atoms in total. The minimum Gasteiger partial charge on any atom is -0.468 e. The molecule has 0 aliphatic carbocycles. The molecule has 0 aliphatic rings. The van der Waals surface area contributed by atoms with E-state index in [1.54, 1.807) is 27.7 Å². The zero-order chi connectivity index (χ0) is 26.9. The molecule has 0 radical (unpaired) electrons. The van der Waals surface area contributed by atoms with Crippen molar-refractivity contribution in [3.05, 3.63) is 34.9 Å². The highest BCUT2D eigenvalue weighted by Crippen LogP contribution is 2.27. The van der Waals surface area contributed by atoms with Gasteiger partial charge in [0.15, 0.2) is 0 Å². The predicted octanol–water partition coefficient (Wildman–Crippen LogP) is 3.42. The van der Waals surface area contributed by atoms with E-state index in [0.717, 1.165) is 11.1 Å². The minimum atomic E-state index is -1.01. The predicted molar refractivity (Wildman–Crippen MR) is 134 cm³/mol. The lowest BCUT2D eigenvalue weighted by molar-refractivity contribution is -0.145. The van der Waals surface area contributed by atoms with Gasteiger partial charge in [-0.2, -0.15) is 0 Å². The van der Waals surface area contributed by atoms with Gasteiger partial charge >= 0.3 is 12.1 Å². The molecule has 0 saturated heterocycles. The molecular formula is C26H41N3O6. The number of nitrogens with one attached hydrogen (secondary N) is 2. The number of nitrogens with zero attached hydrogens (tertiary/aromatic N) is 1. The average Bonchev–Trinajstić information content (AvgIpc) is 2.77. The van der Waals surface area contributed by atoms with Crippen LogP contribution in [0, 0.1) is 19.8 Å². The van der Waals surface area contributed by atoms with E-state index in [9.17, 15) is 19.2 Å². The third-order valence-corrected chi connectivity index (χ3v) is 5.69. The number of amides is 3. The normalized spacial score (nSPS) is 13.7. The number of likely N-dealkylation sites (N-methyl/N-ethyl adjacent to an activating group) is 1. The molecule has 3 amide bonds. The maximum absolute atomic E-state index is 13.9. The minimum absolute atomic E-state index is 0.200. The molecule has 2 N–H and O–H groups in total. The Morgan fingerprint density at radius 2 is 1.71 bits per heavy atom. The molecule has 9 heteroatoms. The van der Waals surface area contributed by atoms with Crippen LogP contribution >= 0.6 is 0 Å². The van der Waals surface area contributed by atoms with Crippen LogP contribution in [-0.2, 0) is 23.9 Å². The molecule has 0 saturated carbocycles. The second kappa shape index (κ2) is 13.1. The number of aryl methyl sites for hydroxylation is 2. The first-order valence-corrected chi connectivity index (χ1v) is 12.0. The van der Waals surface area contributed by atoms with Crippen molar-refractivity contribution >= 4 is 23.9 Å². The number of hydrogen-bond acceptors (Lipinski definition) is 6. The quantitative estimate of drug-likeness (QED) is 0.485. The van der Waals surface area contributed by atoms with Gasteiger partial charge < -0.3 is 25.0 Å². The summed E-state index contributed by atoms with van der Waals surface area (Å²) in [5.74, 6) is -1.75. The van der Waals surface area contributed by atoms with Gasteiger partial charge in [0.2, 0.25) is 11.8 Å². The molecule has 0 bridgehead atoms. The SMILES string of the molecule is CCC(C)C(NC(=O)OC(C)(C)C)C(=O)N(CC)C(C(=O)NCC(=O)OC)c1ccc(C)cc1C. The van der Waals surface area contributed by atoms with Crippen LogP contribution in [0.1, 0.15) is 70.7 Å². The topological polar surface area (TPSA) is 114 Å². The van der Waals surface area contributed by atoms with E-state index in [2.05, 4.69) is 15.4 Å². The summed E-state index contributed by atoms with van der Waals surface area (Å²) < 4.78 is 10.0. The Bertz CT molecular complexity index is 909. The number of ether oxygens (including phenoxy) is 2. The number of methoxy groups -OCH3 is 1. The Hall–Kier alpha value is -3.10. The fourth-order valence-electron chi connectivity index (χ4n) is 3.67. The first kappa shape index (κ1) is 29.9. The van der Waals surface area contributed by atoms with E-state index < -0.39 is 41.6 Å². The van der Waals surface area contributed by atoms with Crippen molar-refractivity contribution in [1.29, 1.82) is 0 Å². The third-order valence-electron chi connectivity index (χ3n) is 5.69. The molecule has 1 rings (SSSR count). The van der Waals surface area contributed by atoms with Gasteiger partial charge in [-0.3, -0.25) is 14.4 Å². The van der Waals surface area contributed by atoms with Crippen molar-refractivity contribution in [3.8, 4) is 0 Å². The van der Waals surface area contributed by atoms with Crippen LogP contribution in [0.4, 0.5) is 4.79 Å². The number of hydrogen-bond donors (Lipinski definition) is 2. The maximum Gasteiger partial charge on any atom is 0.408 e. The first-order valence-electron chi connectivity index (χ1n) is 12.0. The molecule has 0 spiro atoms. The largest absolute Gasteiger partial charge is 0.468 e. The summed E-state index contributed by atoms with van der Waals surface area (Å²) in [7, 11) is 1.23. The van der Waals surface area contributed by atoms with Gasteiger partial charge in [0, 0.05) is 6.54 Å². The molecular weight excluding hydrogens is 450 g/mol. The molecule has 0 heterocycles. The molecule has 1 aromatic carbocycles. The summed E-state index contributed by atoms with van der Waals surface area (Å²) in [5.41, 5.74) is 1.74. The molecule has 3 atom stereocenters. The van der Waals surface area contributed by atoms with E-state index in [1.165, 1.54) is 12.0 Å². The number of rotatable bonds is 10. The van der Waals surface area contributed by atoms with Gasteiger partial charge in [0.25, 0.3) is 0 Å². The van der Waals surface area contributed by atoms with Crippen LogP contribution in [0.5, 0.6) is 0 Å². The zero-order valence-corrected chi connectivity index (χ0v) is 22.5. The first-order chi connectivity index (χ1) is 16.2. The lowest BCUT2D eigenvalue weighted by atomic mass is 9.94. The fraction of sp³-hybridized carbons (Fsp3) is 0.615. The number of carbonyl (C=O) groups is 4. The standard InChI is InChI=1S/C26H41N3O6/c1-10-17(4)21(28-25(33)35-26(6,7)8)24(32)29(11-2)22(23(31)27-15-20(30)34-9)19-13-12-16(3)14-18(19)5/h12-14,17,21-22H,10-11,15H2,1-9H3,(H,27,31)(H,28,33). The van der Waals surface area contributed by atoms with Gasteiger partial charge in [-0.25, -0.2) is 4.79 Å². The van der Waals surface area contributed by atoms with E-state index in [1.807, 2.05) is 45.9 Å². The fourth-order valence-corrected chi connectivity index (χ4v) is 3.67. The molecule has 1 aromatic rings. The van der Waals surface area contributed by atoms with Crippen LogP contribution in [0.2, 0.25) is 0 Å². The van der Waals surface area contributed by atoms with Crippen molar-refractivity contribution in [2.45, 2.75) is 79.5 Å². The summed E-state index contributed by atoms with van der Waals surface area (Å²) in [5, 5.41) is 5.29. The lowest BCUT2D eigenvalue weighted by Crippen LogP contribution is -2.55. The van der Waals surface area contributed by atoms with Crippen molar-refractivity contribution < 1.29 is 28.7 Å². The monoisotopic (exact) mass is 491 g/mol. The van der Waals surface area contributed by atoms with Crippen LogP contribution in [0.3, 0.4) is 0 Å². The van der Waals surface area contributed by atoms with Gasteiger partial charge in [-0.05, 0) is 58.6 Å². The second-order valence-corrected chi connectivity index (χ2v) is 9.69. The molecule has 196 valence electrons. The summed E-state index contributed by atoms with van der Waals surface area (Å²) in [6.45, 7) is 14.5. The van der Waals surface area contributed by atoms with Crippen LogP contribution in [-0.4, -0.2) is 60.6 Å². The Labute approximate surface area is 208 Å². The maximum atomic E-state index is 13.9. The highest BCUT2D eigenvalue weighted by Gasteiger charge is 2.38. The van der Waals surface area contributed by atoms with Crippen LogP contribution < -0.4 is 10.6 Å². The molecule has 0 aliphatic heterocycles. The third kappa shape index (κ3) is 8.88. The summed E-state index contributed by atoms with van der Waals surface area (Å²) in [6, 6.07) is 3.69. The smallest absolute Gasteiger partial charge is 0.408 e. The molecule has 0 aromatic heterocycles. The van der Waals surface area contributed by atoms with Gasteiger partial charge in [0.1, 0.15) is 24.2 Å². The Balaban J connectivity index is 3.44. The van der Waals surface area contributed by atoms with Crippen molar-refractivity contribution in [2.75, 3.05) is 20.2 Å². The summed E-state index contributed by atoms with van der Waals surface area (Å²) >= 11 is 0. The molecule has 3 unspecified atom stereocenters. The molecule has 35 heavy (non-hydrogen) atoms. The number of alkyl carbamates (subject to hydrolysis) is 1. The van der Waals surface area contributed by atoms with Crippen LogP contribution in [0.15, 0.2) is 18.2 Å². The average molecular weight is 492 g/mol. The Morgan fingerprint density at radius 3 is 2.20 bits per heavy atom. The van der Waals surface area contributed by atoms with Crippen molar-refractivity contribution in [2.24, 2.45) is 5.92 Å². The lowest BCUT2D eigenvalue weighted by Gasteiger charge is -2.36. The summed E-state index contributed by atoms with van der Waals surface area (Å²) in [4.78, 5) is 52.8. The zero-order valence-electron chi connectivity index (χ0n) is 22.5. The van der Waals surface area contributed by atoms with E-state index in [-0.39, 0.29) is 19.0 Å². The highest BCUT2D eigenvalue weighted by atomic mass is 16.6. The number of esters is 1. The van der Waals surface area contributed by atoms with Crippen molar-refractivity contribution in [1.82, 2.24) is 15.5 Å². The van der Waals surface area contributed by atoms with Crippen LogP contribution in [0.25, 0.3) is 0 Å². The van der Waals surface area contributed by atoms with Gasteiger partial charge in [-0.1, -0.05) is 44.0 Å². The highest BCUT2D eigenvalue weighted by molar-refractivity contribution is 5.93. The Morgan fingerprint density at radius 1 is 1.09 bits per heavy atom. The van der Waals surface area contributed by atoms with Crippen molar-refractivity contribution in [3.63, 3.8) is 0 Å². The second-order valence-electron chi connectivity index (χ2n) is 9.69. The van der Waals surface area contributed by atoms with Gasteiger partial charge in [-0.15, -0.1) is 0 Å². The van der Waals surface area contributed by atoms with E-state index >= 15 is 0 Å². The van der Waals surface area contributed by atoms with E-state index in [0.29, 0.717) is 12.0 Å². The Kier molecular flexibility index (Phi) is 11.2. The molecule has 0 fully saturated rings. The van der Waals surface area contributed by atoms with Gasteiger partial charge in [0.05, 0.1) is 7.11 Å². The van der Waals surface area contributed by atoms with E-state index in [4.69, 9.17) is 4.74 Å². The number of carbonyl (C=O) groups excluding carboxylic acids is 4. The number of benzene rings is 1. The summed E-state index contributed by atoms with van der Waals surface area (Å²) in [6.07, 6.45) is -0.0857.